The molecule has 2 aliphatic rings. The molecule has 4 aromatic carbocycles. The molecule has 2 unspecified atom stereocenters. The van der Waals surface area contributed by atoms with Crippen LogP contribution in [-0.2, 0) is 38.3 Å². The first-order chi connectivity index (χ1) is 27.3. The van der Waals surface area contributed by atoms with Crippen molar-refractivity contribution in [1.29, 1.82) is 10.8 Å². The molecule has 8 N–H and O–H groups in total. The van der Waals surface area contributed by atoms with Crippen molar-refractivity contribution < 1.29 is 33.4 Å². The summed E-state index contributed by atoms with van der Waals surface area (Å²) < 4.78 is 10.0. The molecule has 0 aromatic heterocycles. The Morgan fingerprint density at radius 1 is 0.627 bits per heavy atom. The molecule has 13 nitrogen and oxygen atoms in total. The van der Waals surface area contributed by atoms with Crippen molar-refractivity contribution >= 4 is 77.4 Å². The predicted molar refractivity (Wildman–Crippen MR) is 232 cm³/mol. The first kappa shape index (κ1) is 47.3. The molecule has 59 heavy (non-hydrogen) atoms. The molecule has 0 heterocycles. The Labute approximate surface area is 355 Å². The Balaban J connectivity index is 0.000000305. The quantitative estimate of drug-likeness (QED) is 0.0487. The lowest BCUT2D eigenvalue weighted by molar-refractivity contribution is -0.145. The van der Waals surface area contributed by atoms with Crippen LogP contribution in [0.4, 0.5) is 11.4 Å². The second-order valence-corrected chi connectivity index (χ2v) is 14.0. The van der Waals surface area contributed by atoms with E-state index in [0.29, 0.717) is 71.9 Å². The van der Waals surface area contributed by atoms with Gasteiger partial charge in [0.1, 0.15) is 11.7 Å². The van der Waals surface area contributed by atoms with E-state index in [9.17, 15) is 24.0 Å². The Hall–Kier alpha value is -6.05. The number of carbonyl (C=O) groups excluding carboxylic acids is 5. The van der Waals surface area contributed by atoms with Gasteiger partial charge < -0.3 is 31.6 Å². The molecule has 0 fully saturated rings. The Kier molecular flexibility index (Phi) is 17.8. The number of ketones is 1. The largest absolute Gasteiger partial charge is 0.466 e. The van der Waals surface area contributed by atoms with Crippen LogP contribution in [0.5, 0.6) is 0 Å². The Morgan fingerprint density at radius 2 is 1.08 bits per heavy atom. The molecule has 2 atom stereocenters. The van der Waals surface area contributed by atoms with Crippen LogP contribution in [0, 0.1) is 22.7 Å². The summed E-state index contributed by atoms with van der Waals surface area (Å²) in [5, 5.41) is 20.5. The third-order valence-corrected chi connectivity index (χ3v) is 9.95. The number of fused-ring (bicyclic) bond motifs is 2. The van der Waals surface area contributed by atoms with E-state index in [1.54, 1.807) is 73.7 Å². The van der Waals surface area contributed by atoms with Crippen molar-refractivity contribution in [3.63, 3.8) is 0 Å². The third-order valence-electron chi connectivity index (χ3n) is 9.95. The number of aryl methyl sites for hydroxylation is 2. The minimum Gasteiger partial charge on any atom is -0.466 e. The molecular weight excluding hydrogens is 795 g/mol. The van der Waals surface area contributed by atoms with E-state index < -0.39 is 0 Å². The lowest BCUT2D eigenvalue weighted by atomic mass is 9.81. The zero-order chi connectivity index (χ0) is 41.1. The number of hydrogen-bond donors (Lipinski definition) is 6. The summed E-state index contributed by atoms with van der Waals surface area (Å²) >= 11 is 0. The zero-order valence-electron chi connectivity index (χ0n) is 32.9. The van der Waals surface area contributed by atoms with Gasteiger partial charge in [-0.1, -0.05) is 30.3 Å². The highest BCUT2D eigenvalue weighted by Crippen LogP contribution is 2.31. The second-order valence-electron chi connectivity index (χ2n) is 14.0. The summed E-state index contributed by atoms with van der Waals surface area (Å²) in [7, 11) is 0. The number of amidine groups is 2. The van der Waals surface area contributed by atoms with Gasteiger partial charge in [0.15, 0.2) is 5.78 Å². The molecule has 15 heteroatoms. The van der Waals surface area contributed by atoms with Crippen molar-refractivity contribution in [2.75, 3.05) is 23.8 Å². The molecule has 0 aliphatic heterocycles. The van der Waals surface area contributed by atoms with Gasteiger partial charge >= 0.3 is 11.9 Å². The van der Waals surface area contributed by atoms with Crippen LogP contribution in [0.2, 0.25) is 0 Å². The van der Waals surface area contributed by atoms with Gasteiger partial charge in [-0.15, -0.1) is 24.8 Å². The molecule has 0 saturated heterocycles. The van der Waals surface area contributed by atoms with Crippen LogP contribution in [-0.4, -0.2) is 54.4 Å². The molecule has 6 rings (SSSR count). The zero-order valence-corrected chi connectivity index (χ0v) is 34.6. The van der Waals surface area contributed by atoms with E-state index in [2.05, 4.69) is 10.6 Å². The summed E-state index contributed by atoms with van der Waals surface area (Å²) in [6.45, 7) is 4.28. The van der Waals surface area contributed by atoms with Crippen LogP contribution < -0.4 is 22.1 Å². The number of ether oxygens (including phenoxy) is 2. The van der Waals surface area contributed by atoms with Crippen molar-refractivity contribution in [3.8, 4) is 0 Å². The fraction of sp³-hybridized carbons (Fsp3) is 0.295. The Morgan fingerprint density at radius 3 is 1.59 bits per heavy atom. The second kappa shape index (κ2) is 22.2. The molecule has 0 bridgehead atoms. The van der Waals surface area contributed by atoms with Crippen LogP contribution in [0.25, 0.3) is 0 Å². The first-order valence-electron chi connectivity index (χ1n) is 19.0. The summed E-state index contributed by atoms with van der Waals surface area (Å²) in [5.41, 5.74) is 18.2. The average Bonchev–Trinajstić information content (AvgIpc) is 3.19. The highest BCUT2D eigenvalue weighted by Gasteiger charge is 2.30. The normalized spacial score (nSPS) is 14.8. The number of halogens is 2. The molecule has 0 saturated carbocycles. The maximum atomic E-state index is 12.7. The van der Waals surface area contributed by atoms with E-state index in [-0.39, 0.29) is 78.4 Å². The summed E-state index contributed by atoms with van der Waals surface area (Å²) in [6, 6.07) is 24.2. The lowest BCUT2D eigenvalue weighted by Gasteiger charge is -2.24. The highest BCUT2D eigenvalue weighted by atomic mass is 35.5. The van der Waals surface area contributed by atoms with Crippen LogP contribution in [0.15, 0.2) is 84.9 Å². The molecule has 0 spiro atoms. The number of hydrogen-bond acceptors (Lipinski definition) is 9. The number of anilines is 2. The first-order valence-corrected chi connectivity index (χ1v) is 19.0. The lowest BCUT2D eigenvalue weighted by Crippen LogP contribution is -2.26. The molecule has 4 aromatic rings. The third kappa shape index (κ3) is 13.0. The topological polar surface area (TPSA) is 228 Å². The maximum Gasteiger partial charge on any atom is 0.306 e. The number of nitrogens with two attached hydrogens (primary N) is 2. The fourth-order valence-electron chi connectivity index (χ4n) is 6.96. The highest BCUT2D eigenvalue weighted by molar-refractivity contribution is 6.07. The Bertz CT molecular complexity index is 2180. The predicted octanol–water partition coefficient (Wildman–Crippen LogP) is 7.05. The number of Topliss-reactive ketones (excluding diaryl/α,β-unsaturated/α-hetero) is 1. The van der Waals surface area contributed by atoms with Crippen LogP contribution in [0.1, 0.15) is 98.4 Å². The minimum absolute atomic E-state index is 0. The maximum absolute atomic E-state index is 12.7. The van der Waals surface area contributed by atoms with E-state index in [0.717, 1.165) is 30.5 Å². The number of benzene rings is 4. The number of nitrogens with one attached hydrogen (secondary N) is 4. The van der Waals surface area contributed by atoms with Gasteiger partial charge in [-0.2, -0.15) is 0 Å². The summed E-state index contributed by atoms with van der Waals surface area (Å²) in [4.78, 5) is 61.0. The van der Waals surface area contributed by atoms with Crippen molar-refractivity contribution in [1.82, 2.24) is 0 Å². The number of nitrogen functional groups attached to an aromatic ring is 2. The van der Waals surface area contributed by atoms with Gasteiger partial charge in [-0.25, -0.2) is 0 Å². The van der Waals surface area contributed by atoms with Crippen molar-refractivity contribution in [2.24, 2.45) is 23.3 Å². The van der Waals surface area contributed by atoms with Gasteiger partial charge in [-0.3, -0.25) is 34.8 Å². The van der Waals surface area contributed by atoms with E-state index in [4.69, 9.17) is 31.8 Å². The number of amides is 2. The van der Waals surface area contributed by atoms with E-state index in [1.807, 2.05) is 25.1 Å². The van der Waals surface area contributed by atoms with Gasteiger partial charge in [0.2, 0.25) is 0 Å². The van der Waals surface area contributed by atoms with E-state index in [1.165, 1.54) is 11.1 Å². The van der Waals surface area contributed by atoms with Crippen LogP contribution in [0.3, 0.4) is 0 Å². The van der Waals surface area contributed by atoms with Gasteiger partial charge in [-0.05, 0) is 123 Å². The van der Waals surface area contributed by atoms with Crippen molar-refractivity contribution in [2.45, 2.75) is 58.8 Å². The van der Waals surface area contributed by atoms with Gasteiger partial charge in [0.25, 0.3) is 11.8 Å². The SMILES string of the molecule is CCOC(=O)CC1CCc2cc(NC(=O)c3ccc(C(=N)N)cc3)ccc2C1.CCOC(=O)CC1CCc2cc(NC(=O)c3ccc(C(=N)N)cc3)ccc2C1=O.Cl.Cl. The number of esters is 2. The molecule has 2 aliphatic carbocycles. The molecule has 0 radical (unpaired) electrons. The van der Waals surface area contributed by atoms with E-state index >= 15 is 0 Å². The van der Waals surface area contributed by atoms with Gasteiger partial charge in [0, 0.05) is 51.5 Å². The van der Waals surface area contributed by atoms with Crippen molar-refractivity contribution in [3.05, 3.63) is 129 Å². The minimum atomic E-state index is -0.359. The summed E-state index contributed by atoms with van der Waals surface area (Å²) in [6.07, 6.45) is 4.47. The van der Waals surface area contributed by atoms with Gasteiger partial charge in [0.05, 0.1) is 19.6 Å². The average molecular weight is 846 g/mol. The molecule has 2 amide bonds. The number of carbonyl (C=O) groups is 5. The molecular formula is C44H50Cl2N6O7. The number of rotatable bonds is 12. The molecule has 312 valence electrons. The standard InChI is InChI=1S/C22H23N3O4.C22H25N3O3.2ClH/c1-2-29-19(26)12-16-8-7-15-11-17(9-10-18(15)20(16)27)25-22(28)14-5-3-13(4-6-14)21(23)24;1-2-28-20(26)12-14-3-4-18-13-19(10-9-17(18)11-14)25-22(27)16-7-5-15(6-8-16)21(23)24;;/h3-6,9-11,16H,2,7-8,12H2,1H3,(H3,23,24)(H,25,28);5-10,13-14H,2-4,11-12H2,1H3,(H3,23,24)(H,25,27);2*1H. The smallest absolute Gasteiger partial charge is 0.306 e. The summed E-state index contributed by atoms with van der Waals surface area (Å²) in [5.74, 6) is -1.16. The fourth-order valence-corrected chi connectivity index (χ4v) is 6.96. The monoisotopic (exact) mass is 844 g/mol. The van der Waals surface area contributed by atoms with Crippen LogP contribution >= 0.6 is 24.8 Å².